The third-order valence-corrected chi connectivity index (χ3v) is 4.86. The Hall–Kier alpha value is -2.91. The second-order valence-electron chi connectivity index (χ2n) is 6.90. The Balaban J connectivity index is 1.35. The number of nitrogens with one attached hydrogen (secondary N) is 1. The number of hydrogen-bond acceptors (Lipinski definition) is 6. The highest BCUT2D eigenvalue weighted by Gasteiger charge is 2.33. The molecule has 1 amide bonds. The van der Waals surface area contributed by atoms with Gasteiger partial charge in [0.15, 0.2) is 0 Å². The van der Waals surface area contributed by atoms with Gasteiger partial charge in [0.25, 0.3) is 0 Å². The number of carbonyl (C=O) groups excluding carboxylic acids is 1. The lowest BCUT2D eigenvalue weighted by Gasteiger charge is -2.36. The normalized spacial score (nSPS) is 17.5. The minimum Gasteiger partial charge on any atom is -0.367 e. The topological polar surface area (TPSA) is 74.2 Å². The van der Waals surface area contributed by atoms with E-state index in [9.17, 15) is 18.0 Å². The second-order valence-corrected chi connectivity index (χ2v) is 6.90. The van der Waals surface area contributed by atoms with Gasteiger partial charge in [-0.1, -0.05) is 0 Å². The smallest absolute Gasteiger partial charge is 0.367 e. The zero-order valence-electron chi connectivity index (χ0n) is 15.0. The van der Waals surface area contributed by atoms with E-state index >= 15 is 0 Å². The summed E-state index contributed by atoms with van der Waals surface area (Å²) in [7, 11) is 0. The van der Waals surface area contributed by atoms with Gasteiger partial charge in [0.1, 0.15) is 23.7 Å². The number of nitrogens with zero attached hydrogens (tertiary/aromatic N) is 5. The Morgan fingerprint density at radius 3 is 2.36 bits per heavy atom. The summed E-state index contributed by atoms with van der Waals surface area (Å²) in [6, 6.07) is 4.63. The molecule has 0 spiro atoms. The number of rotatable bonds is 4. The lowest BCUT2D eigenvalue weighted by Crippen LogP contribution is -2.47. The maximum atomic E-state index is 12.8. The second kappa shape index (κ2) is 7.25. The lowest BCUT2D eigenvalue weighted by molar-refractivity contribution is -0.141. The van der Waals surface area contributed by atoms with Crippen molar-refractivity contribution in [2.75, 3.05) is 41.3 Å². The molecular weight excluding hydrogens is 373 g/mol. The maximum Gasteiger partial charge on any atom is 0.433 e. The van der Waals surface area contributed by atoms with Crippen LogP contribution >= 0.6 is 0 Å². The molecule has 1 saturated heterocycles. The molecule has 148 valence electrons. The number of aromatic nitrogens is 3. The van der Waals surface area contributed by atoms with E-state index in [1.165, 1.54) is 0 Å². The Morgan fingerprint density at radius 1 is 1.04 bits per heavy atom. The molecule has 0 bridgehead atoms. The molecule has 28 heavy (non-hydrogen) atoms. The predicted octanol–water partition coefficient (Wildman–Crippen LogP) is 2.57. The fraction of sp³-hybridized carbons (Fsp3) is 0.444. The number of carbonyl (C=O) groups is 1. The first-order valence-electron chi connectivity index (χ1n) is 9.06. The van der Waals surface area contributed by atoms with E-state index in [2.05, 4.69) is 25.2 Å². The Kier molecular flexibility index (Phi) is 4.78. The van der Waals surface area contributed by atoms with E-state index in [0.717, 1.165) is 30.9 Å². The number of piperazine rings is 1. The minimum atomic E-state index is -4.48. The van der Waals surface area contributed by atoms with Crippen LogP contribution in [0.15, 0.2) is 30.7 Å². The third-order valence-electron chi connectivity index (χ3n) is 4.86. The summed E-state index contributed by atoms with van der Waals surface area (Å²) in [5.74, 6) is 0.935. The first-order chi connectivity index (χ1) is 13.4. The van der Waals surface area contributed by atoms with Crippen LogP contribution < -0.4 is 15.1 Å². The molecule has 3 heterocycles. The highest BCUT2D eigenvalue weighted by atomic mass is 19.4. The summed E-state index contributed by atoms with van der Waals surface area (Å²) in [5.41, 5.74) is -0.0318. The molecule has 4 rings (SSSR count). The zero-order valence-corrected chi connectivity index (χ0v) is 15.0. The van der Waals surface area contributed by atoms with Crippen LogP contribution in [0.4, 0.5) is 30.5 Å². The molecule has 10 heteroatoms. The van der Waals surface area contributed by atoms with E-state index in [1.54, 1.807) is 12.3 Å². The van der Waals surface area contributed by atoms with Crippen molar-refractivity contribution in [3.05, 3.63) is 36.4 Å². The van der Waals surface area contributed by atoms with Gasteiger partial charge in [0.05, 0.1) is 11.9 Å². The van der Waals surface area contributed by atoms with Crippen LogP contribution in [0.25, 0.3) is 0 Å². The van der Waals surface area contributed by atoms with Crippen LogP contribution in [0.2, 0.25) is 0 Å². The lowest BCUT2D eigenvalue weighted by atomic mass is 10.2. The standard InChI is InChI=1S/C18H19F3N6O/c19-18(20,21)14-9-16(24-11-23-14)27-7-5-26(6-8-27)13-3-4-15(22-10-13)25-17(28)12-1-2-12/h3-4,9-12H,1-2,5-8H2,(H,22,25,28). The molecular formula is C18H19F3N6O. The van der Waals surface area contributed by atoms with E-state index in [1.807, 2.05) is 11.0 Å². The van der Waals surface area contributed by atoms with Crippen molar-refractivity contribution in [3.8, 4) is 0 Å². The van der Waals surface area contributed by atoms with E-state index < -0.39 is 11.9 Å². The zero-order chi connectivity index (χ0) is 19.7. The summed E-state index contributed by atoms with van der Waals surface area (Å²) < 4.78 is 38.5. The van der Waals surface area contributed by atoms with Crippen molar-refractivity contribution in [1.29, 1.82) is 0 Å². The largest absolute Gasteiger partial charge is 0.433 e. The van der Waals surface area contributed by atoms with Crippen LogP contribution in [0.3, 0.4) is 0 Å². The quantitative estimate of drug-likeness (QED) is 0.862. The summed E-state index contributed by atoms with van der Waals surface area (Å²) in [6.45, 7) is 2.32. The number of anilines is 3. The Labute approximate surface area is 159 Å². The van der Waals surface area contributed by atoms with Gasteiger partial charge in [-0.3, -0.25) is 4.79 Å². The molecule has 0 aromatic carbocycles. The molecule has 0 radical (unpaired) electrons. The number of alkyl halides is 3. The third kappa shape index (κ3) is 4.15. The first-order valence-corrected chi connectivity index (χ1v) is 9.06. The van der Waals surface area contributed by atoms with Crippen molar-refractivity contribution in [1.82, 2.24) is 15.0 Å². The number of amides is 1. The molecule has 2 fully saturated rings. The van der Waals surface area contributed by atoms with Crippen molar-refractivity contribution in [2.24, 2.45) is 5.92 Å². The van der Waals surface area contributed by atoms with E-state index in [0.29, 0.717) is 32.0 Å². The summed E-state index contributed by atoms with van der Waals surface area (Å²) in [5, 5.41) is 2.80. The van der Waals surface area contributed by atoms with Crippen LogP contribution in [-0.4, -0.2) is 47.0 Å². The van der Waals surface area contributed by atoms with Crippen molar-refractivity contribution < 1.29 is 18.0 Å². The van der Waals surface area contributed by atoms with E-state index in [4.69, 9.17) is 0 Å². The van der Waals surface area contributed by atoms with Crippen molar-refractivity contribution in [2.45, 2.75) is 19.0 Å². The predicted molar refractivity (Wildman–Crippen MR) is 97.1 cm³/mol. The molecule has 7 nitrogen and oxygen atoms in total. The van der Waals surface area contributed by atoms with Crippen LogP contribution in [0.5, 0.6) is 0 Å². The van der Waals surface area contributed by atoms with Gasteiger partial charge in [-0.15, -0.1) is 0 Å². The van der Waals surface area contributed by atoms with Gasteiger partial charge in [0.2, 0.25) is 5.91 Å². The first kappa shape index (κ1) is 18.5. The van der Waals surface area contributed by atoms with Crippen LogP contribution in [0.1, 0.15) is 18.5 Å². The number of hydrogen-bond donors (Lipinski definition) is 1. The fourth-order valence-electron chi connectivity index (χ4n) is 3.09. The Morgan fingerprint density at radius 2 is 1.75 bits per heavy atom. The molecule has 2 aromatic rings. The average molecular weight is 392 g/mol. The molecule has 1 N–H and O–H groups in total. The molecule has 0 unspecified atom stereocenters. The van der Waals surface area contributed by atoms with Gasteiger partial charge >= 0.3 is 6.18 Å². The summed E-state index contributed by atoms with van der Waals surface area (Å²) in [6.07, 6.45) is 0.0333. The van der Waals surface area contributed by atoms with E-state index in [-0.39, 0.29) is 17.6 Å². The highest BCUT2D eigenvalue weighted by Crippen LogP contribution is 2.31. The monoisotopic (exact) mass is 392 g/mol. The van der Waals surface area contributed by atoms with Crippen molar-refractivity contribution >= 4 is 23.2 Å². The minimum absolute atomic E-state index is 0.0111. The average Bonchev–Trinajstić information content (AvgIpc) is 3.54. The maximum absolute atomic E-state index is 12.8. The van der Waals surface area contributed by atoms with Gasteiger partial charge in [-0.2, -0.15) is 13.2 Å². The highest BCUT2D eigenvalue weighted by molar-refractivity contribution is 5.93. The Bertz CT molecular complexity index is 845. The van der Waals surface area contributed by atoms with Gasteiger partial charge in [-0.05, 0) is 25.0 Å². The van der Waals surface area contributed by atoms with Gasteiger partial charge in [0, 0.05) is 38.2 Å². The molecule has 1 saturated carbocycles. The molecule has 1 aliphatic heterocycles. The van der Waals surface area contributed by atoms with Crippen molar-refractivity contribution in [3.63, 3.8) is 0 Å². The van der Waals surface area contributed by atoms with Gasteiger partial charge < -0.3 is 15.1 Å². The molecule has 0 atom stereocenters. The van der Waals surface area contributed by atoms with Gasteiger partial charge in [-0.25, -0.2) is 15.0 Å². The number of pyridine rings is 1. The van der Waals surface area contributed by atoms with Crippen LogP contribution in [0, 0.1) is 5.92 Å². The summed E-state index contributed by atoms with van der Waals surface area (Å²) >= 11 is 0. The molecule has 2 aromatic heterocycles. The number of halogens is 3. The fourth-order valence-corrected chi connectivity index (χ4v) is 3.09. The SMILES string of the molecule is O=C(Nc1ccc(N2CCN(c3cc(C(F)(F)F)ncn3)CC2)cn1)C1CC1. The molecule has 2 aliphatic rings. The van der Waals surface area contributed by atoms with Crippen LogP contribution in [-0.2, 0) is 11.0 Å². The summed E-state index contributed by atoms with van der Waals surface area (Å²) in [4.78, 5) is 27.2. The molecule has 1 aliphatic carbocycles.